The number of hydrogen-bond donors (Lipinski definition) is 2. The third kappa shape index (κ3) is 3.94. The molecule has 0 saturated carbocycles. The molecule has 2 N–H and O–H groups in total. The van der Waals surface area contributed by atoms with E-state index in [-0.39, 0.29) is 17.8 Å². The highest BCUT2D eigenvalue weighted by Gasteiger charge is 2.34. The van der Waals surface area contributed by atoms with Gasteiger partial charge in [-0.1, -0.05) is 0 Å². The minimum atomic E-state index is -0.471. The Morgan fingerprint density at radius 3 is 3.03 bits per heavy atom. The molecule has 1 saturated heterocycles. The van der Waals surface area contributed by atoms with Gasteiger partial charge in [-0.15, -0.1) is 11.3 Å². The molecule has 0 aliphatic carbocycles. The van der Waals surface area contributed by atoms with E-state index >= 15 is 0 Å². The Labute approximate surface area is 187 Å². The summed E-state index contributed by atoms with van der Waals surface area (Å²) >= 11 is 1.37. The van der Waals surface area contributed by atoms with Crippen molar-refractivity contribution < 1.29 is 13.9 Å². The molecule has 0 bridgehead atoms. The van der Waals surface area contributed by atoms with Crippen LogP contribution in [-0.4, -0.2) is 70.1 Å². The van der Waals surface area contributed by atoms with Crippen molar-refractivity contribution in [2.45, 2.75) is 12.6 Å². The molecular formula is C20H21FN8O2S. The highest BCUT2D eigenvalue weighted by molar-refractivity contribution is 7.13. The number of nitrogens with zero attached hydrogens (tertiary/aromatic N) is 6. The van der Waals surface area contributed by atoms with Crippen LogP contribution in [0.25, 0.3) is 0 Å². The van der Waals surface area contributed by atoms with Crippen LogP contribution in [0.15, 0.2) is 30.0 Å². The predicted molar refractivity (Wildman–Crippen MR) is 117 cm³/mol. The lowest BCUT2D eigenvalue weighted by Gasteiger charge is -2.45. The summed E-state index contributed by atoms with van der Waals surface area (Å²) < 4.78 is 20.8. The van der Waals surface area contributed by atoms with Gasteiger partial charge in [-0.25, -0.2) is 24.3 Å². The molecule has 10 nitrogen and oxygen atoms in total. The molecule has 2 aliphatic rings. The number of carbonyl (C=O) groups is 1. The molecule has 3 aromatic heterocycles. The highest BCUT2D eigenvalue weighted by Crippen LogP contribution is 2.34. The second-order valence-corrected chi connectivity index (χ2v) is 8.33. The number of amides is 1. The van der Waals surface area contributed by atoms with Crippen LogP contribution in [0.1, 0.15) is 16.2 Å². The zero-order valence-electron chi connectivity index (χ0n) is 17.3. The Morgan fingerprint density at radius 2 is 2.22 bits per heavy atom. The van der Waals surface area contributed by atoms with E-state index < -0.39 is 5.82 Å². The van der Waals surface area contributed by atoms with Gasteiger partial charge in [-0.05, 0) is 12.1 Å². The minimum Gasteiger partial charge on any atom is -0.474 e. The van der Waals surface area contributed by atoms with E-state index in [2.05, 4.69) is 40.4 Å². The number of aromatic nitrogens is 4. The fourth-order valence-electron chi connectivity index (χ4n) is 3.91. The standard InChI is InChI=1S/C20H21FN8O2S/c1-22-18(30)13-2-3-15-19(26-13)31-10-12-8-28(5-6-29(12)15)9-14-16(21)17(25-11-24-14)27-20-23-4-7-32-20/h2-4,7,11-12H,5-6,8-10H2,1H3,(H,22,30)(H,23,24,25,27). The molecule has 32 heavy (non-hydrogen) atoms. The molecule has 1 unspecified atom stereocenters. The largest absolute Gasteiger partial charge is 0.474 e. The van der Waals surface area contributed by atoms with Crippen molar-refractivity contribution in [2.75, 3.05) is 43.5 Å². The monoisotopic (exact) mass is 456 g/mol. The van der Waals surface area contributed by atoms with E-state index in [0.29, 0.717) is 42.1 Å². The van der Waals surface area contributed by atoms with Crippen molar-refractivity contribution >= 4 is 33.9 Å². The number of hydrogen-bond acceptors (Lipinski definition) is 10. The number of thiazole rings is 1. The molecule has 0 spiro atoms. The van der Waals surface area contributed by atoms with Gasteiger partial charge in [0.15, 0.2) is 16.8 Å². The smallest absolute Gasteiger partial charge is 0.269 e. The predicted octanol–water partition coefficient (Wildman–Crippen LogP) is 1.65. The van der Waals surface area contributed by atoms with Crippen molar-refractivity contribution in [3.05, 3.63) is 47.2 Å². The molecular weight excluding hydrogens is 435 g/mol. The van der Waals surface area contributed by atoms with Crippen LogP contribution in [-0.2, 0) is 6.54 Å². The van der Waals surface area contributed by atoms with Crippen LogP contribution < -0.4 is 20.3 Å². The van der Waals surface area contributed by atoms with Gasteiger partial charge < -0.3 is 20.3 Å². The van der Waals surface area contributed by atoms with E-state index in [1.165, 1.54) is 17.7 Å². The maximum atomic E-state index is 15.0. The van der Waals surface area contributed by atoms with Crippen molar-refractivity contribution in [3.8, 4) is 5.88 Å². The molecule has 1 atom stereocenters. The first kappa shape index (κ1) is 20.5. The summed E-state index contributed by atoms with van der Waals surface area (Å²) in [6, 6.07) is 3.67. The van der Waals surface area contributed by atoms with Crippen molar-refractivity contribution in [3.63, 3.8) is 0 Å². The Morgan fingerprint density at radius 1 is 1.31 bits per heavy atom. The van der Waals surface area contributed by atoms with Crippen molar-refractivity contribution in [1.29, 1.82) is 0 Å². The SMILES string of the molecule is CNC(=O)c1ccc2c(n1)OCC1CN(Cc3ncnc(Nc4nccs4)c3F)CCN21. The quantitative estimate of drug-likeness (QED) is 0.592. The second-order valence-electron chi connectivity index (χ2n) is 7.44. The average molecular weight is 457 g/mol. The zero-order chi connectivity index (χ0) is 22.1. The Bertz CT molecular complexity index is 1130. The van der Waals surface area contributed by atoms with Crippen LogP contribution in [0.4, 0.5) is 21.0 Å². The number of pyridine rings is 1. The number of halogens is 1. The fourth-order valence-corrected chi connectivity index (χ4v) is 4.44. The molecule has 0 radical (unpaired) electrons. The van der Waals surface area contributed by atoms with E-state index in [4.69, 9.17) is 4.74 Å². The first-order valence-electron chi connectivity index (χ1n) is 10.1. The average Bonchev–Trinajstić information content (AvgIpc) is 3.33. The summed E-state index contributed by atoms with van der Waals surface area (Å²) in [6.45, 7) is 2.96. The summed E-state index contributed by atoms with van der Waals surface area (Å²) in [6.07, 6.45) is 3.01. The number of ether oxygens (including phenoxy) is 1. The van der Waals surface area contributed by atoms with Gasteiger partial charge in [-0.3, -0.25) is 9.69 Å². The highest BCUT2D eigenvalue weighted by atomic mass is 32.1. The molecule has 166 valence electrons. The molecule has 1 fully saturated rings. The number of fused-ring (bicyclic) bond motifs is 3. The third-order valence-electron chi connectivity index (χ3n) is 5.48. The summed E-state index contributed by atoms with van der Waals surface area (Å²) in [5, 5.41) is 7.85. The van der Waals surface area contributed by atoms with Crippen molar-refractivity contribution in [1.82, 2.24) is 30.2 Å². The van der Waals surface area contributed by atoms with E-state index in [0.717, 1.165) is 18.8 Å². The summed E-state index contributed by atoms with van der Waals surface area (Å²) in [5.41, 5.74) is 1.53. The summed E-state index contributed by atoms with van der Waals surface area (Å²) in [5.74, 6) is -0.132. The van der Waals surface area contributed by atoms with Gasteiger partial charge >= 0.3 is 0 Å². The Hall–Kier alpha value is -3.38. The summed E-state index contributed by atoms with van der Waals surface area (Å²) in [4.78, 5) is 32.9. The van der Waals surface area contributed by atoms with Gasteiger partial charge in [0.25, 0.3) is 5.91 Å². The molecule has 5 heterocycles. The molecule has 1 amide bonds. The number of piperazine rings is 1. The third-order valence-corrected chi connectivity index (χ3v) is 6.17. The van der Waals surface area contributed by atoms with E-state index in [1.54, 1.807) is 24.7 Å². The molecule has 2 aliphatic heterocycles. The lowest BCUT2D eigenvalue weighted by Crippen LogP contribution is -2.57. The lowest BCUT2D eigenvalue weighted by molar-refractivity contribution is 0.0956. The van der Waals surface area contributed by atoms with E-state index in [9.17, 15) is 9.18 Å². The van der Waals surface area contributed by atoms with Crippen LogP contribution >= 0.6 is 11.3 Å². The number of nitrogens with one attached hydrogen (secondary N) is 2. The number of rotatable bonds is 5. The molecule has 3 aromatic rings. The fraction of sp³-hybridized carbons (Fsp3) is 0.350. The topological polar surface area (TPSA) is 108 Å². The first-order valence-corrected chi connectivity index (χ1v) is 11.0. The second kappa shape index (κ2) is 8.63. The zero-order valence-corrected chi connectivity index (χ0v) is 18.1. The van der Waals surface area contributed by atoms with Gasteiger partial charge in [0.05, 0.1) is 11.7 Å². The number of carbonyl (C=O) groups excluding carboxylic acids is 1. The van der Waals surface area contributed by atoms with Gasteiger partial charge in [0.1, 0.15) is 24.3 Å². The summed E-state index contributed by atoms with van der Waals surface area (Å²) in [7, 11) is 1.57. The Kier molecular flexibility index (Phi) is 5.53. The van der Waals surface area contributed by atoms with Crippen LogP contribution in [0.3, 0.4) is 0 Å². The van der Waals surface area contributed by atoms with Crippen LogP contribution in [0.5, 0.6) is 5.88 Å². The van der Waals surface area contributed by atoms with Gasteiger partial charge in [0.2, 0.25) is 5.88 Å². The normalized spacial score (nSPS) is 17.8. The number of anilines is 3. The lowest BCUT2D eigenvalue weighted by atomic mass is 10.1. The maximum absolute atomic E-state index is 15.0. The van der Waals surface area contributed by atoms with Gasteiger partial charge in [-0.2, -0.15) is 0 Å². The molecule has 12 heteroatoms. The molecule has 0 aromatic carbocycles. The van der Waals surface area contributed by atoms with Crippen LogP contribution in [0, 0.1) is 5.82 Å². The minimum absolute atomic E-state index is 0.0988. The molecule has 5 rings (SSSR count). The maximum Gasteiger partial charge on any atom is 0.269 e. The van der Waals surface area contributed by atoms with Crippen molar-refractivity contribution in [2.24, 2.45) is 0 Å². The first-order chi connectivity index (χ1) is 15.6. The van der Waals surface area contributed by atoms with Crippen LogP contribution in [0.2, 0.25) is 0 Å². The Balaban J connectivity index is 1.27. The van der Waals surface area contributed by atoms with E-state index in [1.807, 2.05) is 6.07 Å². The van der Waals surface area contributed by atoms with Gasteiger partial charge in [0, 0.05) is 44.8 Å².